The van der Waals surface area contributed by atoms with Crippen LogP contribution in [-0.4, -0.2) is 61.1 Å². The average molecular weight is 470 g/mol. The Balaban J connectivity index is 1.92. The molecule has 0 N–H and O–H groups in total. The lowest BCUT2D eigenvalue weighted by Crippen LogP contribution is -2.60. The fraction of sp³-hybridized carbons (Fsp3) is 0.474. The fourth-order valence-corrected chi connectivity index (χ4v) is 3.61. The normalized spacial score (nSPS) is 27.9. The highest BCUT2D eigenvalue weighted by atomic mass is 79.9. The van der Waals surface area contributed by atoms with Crippen molar-refractivity contribution in [1.82, 2.24) is 0 Å². The molecule has 0 radical (unpaired) electrons. The van der Waals surface area contributed by atoms with Gasteiger partial charge in [-0.2, -0.15) is 0 Å². The molecule has 3 rings (SSSR count). The molecule has 5 atom stereocenters. The molecule has 9 nitrogen and oxygen atoms in total. The van der Waals surface area contributed by atoms with Gasteiger partial charge in [-0.25, -0.2) is 4.99 Å². The number of esters is 3. The van der Waals surface area contributed by atoms with Crippen LogP contribution in [0.1, 0.15) is 26.3 Å². The summed E-state index contributed by atoms with van der Waals surface area (Å²) in [7, 11) is 0. The Hall–Kier alpha value is -2.46. The van der Waals surface area contributed by atoms with Crippen molar-refractivity contribution in [3.63, 3.8) is 0 Å². The van der Waals surface area contributed by atoms with Crippen LogP contribution >= 0.6 is 15.9 Å². The molecule has 2 aliphatic heterocycles. The highest BCUT2D eigenvalue weighted by Crippen LogP contribution is 2.34. The Morgan fingerprint density at radius 3 is 2.31 bits per heavy atom. The summed E-state index contributed by atoms with van der Waals surface area (Å²) in [5.74, 6) is -1.43. The summed E-state index contributed by atoms with van der Waals surface area (Å²) in [6.07, 6.45) is -4.60. The first-order chi connectivity index (χ1) is 13.8. The second kappa shape index (κ2) is 8.91. The van der Waals surface area contributed by atoms with Gasteiger partial charge < -0.3 is 23.7 Å². The molecular formula is C19H20BrNO8. The Bertz CT molecular complexity index is 841. The number of hydrogen-bond acceptors (Lipinski definition) is 9. The Kier molecular flexibility index (Phi) is 6.53. The second-order valence-corrected chi connectivity index (χ2v) is 7.37. The molecule has 0 aliphatic carbocycles. The number of nitrogens with zero attached hydrogens (tertiary/aromatic N) is 1. The molecule has 0 amide bonds. The summed E-state index contributed by atoms with van der Waals surface area (Å²) in [4.78, 5) is 39.1. The van der Waals surface area contributed by atoms with Crippen molar-refractivity contribution in [2.75, 3.05) is 6.61 Å². The summed E-state index contributed by atoms with van der Waals surface area (Å²) in [5, 5.41) is 0. The van der Waals surface area contributed by atoms with Crippen LogP contribution in [0.25, 0.3) is 0 Å². The maximum atomic E-state index is 11.7. The Labute approximate surface area is 175 Å². The van der Waals surface area contributed by atoms with Gasteiger partial charge >= 0.3 is 17.9 Å². The minimum Gasteiger partial charge on any atom is -0.465 e. The lowest BCUT2D eigenvalue weighted by Gasteiger charge is -2.40. The van der Waals surface area contributed by atoms with E-state index in [1.165, 1.54) is 20.8 Å². The van der Waals surface area contributed by atoms with Gasteiger partial charge in [-0.15, -0.1) is 0 Å². The number of hydrogen-bond donors (Lipinski definition) is 0. The molecule has 1 saturated heterocycles. The number of fused-ring (bicyclic) bond motifs is 1. The van der Waals surface area contributed by atoms with Crippen LogP contribution < -0.4 is 0 Å². The van der Waals surface area contributed by atoms with Gasteiger partial charge in [0.15, 0.2) is 24.5 Å². The summed E-state index contributed by atoms with van der Waals surface area (Å²) in [6.45, 7) is 3.51. The minimum atomic E-state index is -1.04. The molecule has 1 aromatic rings. The highest BCUT2D eigenvalue weighted by molar-refractivity contribution is 9.10. The van der Waals surface area contributed by atoms with Crippen LogP contribution in [-0.2, 0) is 38.1 Å². The minimum absolute atomic E-state index is 0.200. The van der Waals surface area contributed by atoms with Crippen LogP contribution in [0.2, 0.25) is 0 Å². The highest BCUT2D eigenvalue weighted by Gasteiger charge is 2.54. The van der Waals surface area contributed by atoms with E-state index < -0.39 is 48.6 Å². The molecule has 1 fully saturated rings. The van der Waals surface area contributed by atoms with E-state index >= 15 is 0 Å². The number of rotatable bonds is 5. The second-order valence-electron chi connectivity index (χ2n) is 6.51. The van der Waals surface area contributed by atoms with E-state index in [1.807, 2.05) is 18.2 Å². The van der Waals surface area contributed by atoms with Gasteiger partial charge in [0, 0.05) is 25.2 Å². The van der Waals surface area contributed by atoms with Gasteiger partial charge in [-0.1, -0.05) is 12.1 Å². The number of carbonyl (C=O) groups is 3. The van der Waals surface area contributed by atoms with E-state index in [4.69, 9.17) is 23.7 Å². The monoisotopic (exact) mass is 469 g/mol. The summed E-state index contributed by atoms with van der Waals surface area (Å²) >= 11 is 3.44. The van der Waals surface area contributed by atoms with Gasteiger partial charge in [0.1, 0.15) is 12.7 Å². The maximum absolute atomic E-state index is 11.7. The quantitative estimate of drug-likeness (QED) is 0.473. The zero-order valence-electron chi connectivity index (χ0n) is 16.0. The van der Waals surface area contributed by atoms with Crippen molar-refractivity contribution in [1.29, 1.82) is 0 Å². The van der Waals surface area contributed by atoms with Crippen LogP contribution in [0.5, 0.6) is 0 Å². The first kappa shape index (κ1) is 21.3. The van der Waals surface area contributed by atoms with Crippen LogP contribution in [0, 0.1) is 0 Å². The molecule has 1 aromatic carbocycles. The molecule has 0 saturated carbocycles. The van der Waals surface area contributed by atoms with Gasteiger partial charge in [-0.05, 0) is 28.1 Å². The molecule has 29 heavy (non-hydrogen) atoms. The predicted molar refractivity (Wildman–Crippen MR) is 102 cm³/mol. The number of halogens is 1. The number of ether oxygens (including phenoxy) is 5. The van der Waals surface area contributed by atoms with E-state index in [0.29, 0.717) is 11.5 Å². The van der Waals surface area contributed by atoms with Crippen molar-refractivity contribution in [2.24, 2.45) is 4.99 Å². The van der Waals surface area contributed by atoms with Crippen LogP contribution in [0.4, 0.5) is 0 Å². The van der Waals surface area contributed by atoms with E-state index in [-0.39, 0.29) is 6.61 Å². The number of benzene rings is 1. The topological polar surface area (TPSA) is 110 Å². The fourth-order valence-electron chi connectivity index (χ4n) is 3.16. The van der Waals surface area contributed by atoms with Gasteiger partial charge in [0.25, 0.3) is 0 Å². The van der Waals surface area contributed by atoms with Gasteiger partial charge in [0.05, 0.1) is 5.56 Å². The predicted octanol–water partition coefficient (Wildman–Crippen LogP) is 1.75. The van der Waals surface area contributed by atoms with Gasteiger partial charge in [0.2, 0.25) is 5.90 Å². The van der Waals surface area contributed by atoms with E-state index in [9.17, 15) is 14.4 Å². The van der Waals surface area contributed by atoms with Crippen molar-refractivity contribution in [2.45, 2.75) is 51.4 Å². The lowest BCUT2D eigenvalue weighted by molar-refractivity contribution is -0.236. The Morgan fingerprint density at radius 1 is 1.03 bits per heavy atom. The molecule has 0 bridgehead atoms. The molecule has 2 heterocycles. The largest absolute Gasteiger partial charge is 0.465 e. The molecular weight excluding hydrogens is 450 g/mol. The molecule has 10 heteroatoms. The van der Waals surface area contributed by atoms with E-state index in [0.717, 1.165) is 4.47 Å². The zero-order chi connectivity index (χ0) is 21.1. The molecule has 0 spiro atoms. The molecule has 2 aliphatic rings. The van der Waals surface area contributed by atoms with Crippen LogP contribution in [0.3, 0.4) is 0 Å². The third-order valence-electron chi connectivity index (χ3n) is 4.26. The van der Waals surface area contributed by atoms with E-state index in [2.05, 4.69) is 20.9 Å². The van der Waals surface area contributed by atoms with Crippen LogP contribution in [0.15, 0.2) is 33.7 Å². The van der Waals surface area contributed by atoms with Crippen molar-refractivity contribution < 1.29 is 38.1 Å². The maximum Gasteiger partial charge on any atom is 0.303 e. The van der Waals surface area contributed by atoms with Crippen molar-refractivity contribution in [3.8, 4) is 0 Å². The average Bonchev–Trinajstić information content (AvgIpc) is 3.05. The molecule has 156 valence electrons. The van der Waals surface area contributed by atoms with Crippen molar-refractivity contribution in [3.05, 3.63) is 34.3 Å². The first-order valence-electron chi connectivity index (χ1n) is 8.89. The standard InChI is InChI=1S/C19H20BrNO8/c1-9(22)25-8-14-15(26-10(2)23)16(27-11(3)24)17-19(28-14)21-18(29-17)12-6-4-5-7-13(12)20/h4-7,14-17,19H,8H2,1-3H3/t14-,15-,16+,17-,19+/m1/s1. The first-order valence-corrected chi connectivity index (χ1v) is 9.68. The number of aliphatic imine (C=N–C) groups is 1. The third-order valence-corrected chi connectivity index (χ3v) is 4.95. The van der Waals surface area contributed by atoms with Gasteiger partial charge in [-0.3, -0.25) is 14.4 Å². The summed E-state index contributed by atoms with van der Waals surface area (Å²) in [6, 6.07) is 7.31. The molecule has 0 aromatic heterocycles. The zero-order valence-corrected chi connectivity index (χ0v) is 17.6. The third kappa shape index (κ3) is 4.94. The van der Waals surface area contributed by atoms with Crippen molar-refractivity contribution >= 4 is 39.7 Å². The SMILES string of the molecule is CC(=O)OC[C@H]1O[C@@H]2N=C(c3ccccc3Br)O[C@@H]2[C@@H](OC(C)=O)[C@@H]1OC(C)=O. The number of carbonyl (C=O) groups excluding carboxylic acids is 3. The lowest BCUT2D eigenvalue weighted by atomic mass is 9.98. The smallest absolute Gasteiger partial charge is 0.303 e. The summed E-state index contributed by atoms with van der Waals surface area (Å²) < 4.78 is 28.4. The van der Waals surface area contributed by atoms with E-state index in [1.54, 1.807) is 6.07 Å². The molecule has 0 unspecified atom stereocenters. The Morgan fingerprint density at radius 2 is 1.69 bits per heavy atom. The summed E-state index contributed by atoms with van der Waals surface area (Å²) in [5.41, 5.74) is 0.688.